The fraction of sp³-hybridized carbons (Fsp3) is 0.316. The second kappa shape index (κ2) is 8.24. The van der Waals surface area contributed by atoms with Gasteiger partial charge in [0, 0.05) is 19.2 Å². The van der Waals surface area contributed by atoms with Gasteiger partial charge in [-0.1, -0.05) is 18.2 Å². The van der Waals surface area contributed by atoms with E-state index in [2.05, 4.69) is 0 Å². The third-order valence-corrected chi connectivity index (χ3v) is 3.89. The van der Waals surface area contributed by atoms with Gasteiger partial charge in [0.1, 0.15) is 5.75 Å². The van der Waals surface area contributed by atoms with E-state index in [4.69, 9.17) is 14.2 Å². The number of carbonyl (C=O) groups is 1. The van der Waals surface area contributed by atoms with Crippen LogP contribution in [0.25, 0.3) is 0 Å². The van der Waals surface area contributed by atoms with Crippen molar-refractivity contribution in [3.8, 4) is 17.2 Å². The van der Waals surface area contributed by atoms with E-state index in [1.54, 1.807) is 51.5 Å². The first-order chi connectivity index (χ1) is 11.6. The van der Waals surface area contributed by atoms with E-state index in [0.717, 1.165) is 17.7 Å². The summed E-state index contributed by atoms with van der Waals surface area (Å²) in [4.78, 5) is 14.3. The van der Waals surface area contributed by atoms with E-state index >= 15 is 0 Å². The molecule has 0 heterocycles. The van der Waals surface area contributed by atoms with E-state index < -0.39 is 0 Å². The minimum atomic E-state index is -0.0640. The number of hydrogen-bond donors (Lipinski definition) is 0. The van der Waals surface area contributed by atoms with Gasteiger partial charge in [-0.3, -0.25) is 4.79 Å². The number of benzene rings is 2. The second-order valence-corrected chi connectivity index (χ2v) is 5.36. The lowest BCUT2D eigenvalue weighted by atomic mass is 10.1. The third kappa shape index (κ3) is 3.98. The lowest BCUT2D eigenvalue weighted by Gasteiger charge is -2.19. The van der Waals surface area contributed by atoms with Crippen molar-refractivity contribution in [3.05, 3.63) is 53.6 Å². The third-order valence-electron chi connectivity index (χ3n) is 3.89. The number of carbonyl (C=O) groups excluding carboxylic acids is 1. The number of likely N-dealkylation sites (N-methyl/N-ethyl adjacent to an activating group) is 1. The molecule has 0 aliphatic carbocycles. The van der Waals surface area contributed by atoms with Crippen molar-refractivity contribution < 1.29 is 19.0 Å². The molecule has 1 amide bonds. The smallest absolute Gasteiger partial charge is 0.253 e. The molecule has 0 radical (unpaired) electrons. The molecule has 2 aromatic carbocycles. The Labute approximate surface area is 142 Å². The Morgan fingerprint density at radius 3 is 2.25 bits per heavy atom. The molecule has 0 spiro atoms. The minimum absolute atomic E-state index is 0.0640. The monoisotopic (exact) mass is 329 g/mol. The van der Waals surface area contributed by atoms with E-state index in [1.807, 2.05) is 24.3 Å². The van der Waals surface area contributed by atoms with Crippen LogP contribution in [-0.2, 0) is 6.42 Å². The summed E-state index contributed by atoms with van der Waals surface area (Å²) in [5.41, 5.74) is 1.64. The Balaban J connectivity index is 2.07. The van der Waals surface area contributed by atoms with E-state index in [9.17, 15) is 4.79 Å². The largest absolute Gasteiger partial charge is 0.496 e. The van der Waals surface area contributed by atoms with Gasteiger partial charge in [0.2, 0.25) is 0 Å². The topological polar surface area (TPSA) is 48.0 Å². The van der Waals surface area contributed by atoms with Crippen molar-refractivity contribution >= 4 is 5.91 Å². The summed E-state index contributed by atoms with van der Waals surface area (Å²) < 4.78 is 15.8. The zero-order valence-electron chi connectivity index (χ0n) is 14.5. The lowest BCUT2D eigenvalue weighted by Crippen LogP contribution is -2.28. The maximum Gasteiger partial charge on any atom is 0.253 e. The molecule has 2 rings (SSSR count). The quantitative estimate of drug-likeness (QED) is 0.783. The van der Waals surface area contributed by atoms with Crippen LogP contribution >= 0.6 is 0 Å². The fourth-order valence-corrected chi connectivity index (χ4v) is 2.49. The van der Waals surface area contributed by atoms with Crippen LogP contribution in [0.4, 0.5) is 0 Å². The first kappa shape index (κ1) is 17.7. The van der Waals surface area contributed by atoms with Crippen molar-refractivity contribution in [2.45, 2.75) is 6.42 Å². The Morgan fingerprint density at radius 2 is 1.58 bits per heavy atom. The van der Waals surface area contributed by atoms with Crippen LogP contribution in [0.15, 0.2) is 42.5 Å². The summed E-state index contributed by atoms with van der Waals surface area (Å²) in [5.74, 6) is 1.92. The number of hydrogen-bond acceptors (Lipinski definition) is 4. The number of rotatable bonds is 7. The van der Waals surface area contributed by atoms with Crippen molar-refractivity contribution in [2.24, 2.45) is 0 Å². The molecule has 0 aliphatic heterocycles. The number of amides is 1. The molecule has 0 N–H and O–H groups in total. The van der Waals surface area contributed by atoms with Crippen molar-refractivity contribution in [2.75, 3.05) is 34.9 Å². The molecular weight excluding hydrogens is 306 g/mol. The highest BCUT2D eigenvalue weighted by Crippen LogP contribution is 2.28. The lowest BCUT2D eigenvalue weighted by molar-refractivity contribution is 0.0796. The predicted octanol–water partition coefficient (Wildman–Crippen LogP) is 3.03. The van der Waals surface area contributed by atoms with Gasteiger partial charge < -0.3 is 19.1 Å². The second-order valence-electron chi connectivity index (χ2n) is 5.36. The maximum absolute atomic E-state index is 12.6. The average Bonchev–Trinajstić information content (AvgIpc) is 2.64. The van der Waals surface area contributed by atoms with Crippen molar-refractivity contribution in [3.63, 3.8) is 0 Å². The minimum Gasteiger partial charge on any atom is -0.496 e. The summed E-state index contributed by atoms with van der Waals surface area (Å²) in [6.07, 6.45) is 0.722. The van der Waals surface area contributed by atoms with Crippen LogP contribution < -0.4 is 14.2 Å². The highest BCUT2D eigenvalue weighted by atomic mass is 16.5. The molecule has 0 aliphatic rings. The number of ether oxygens (including phenoxy) is 3. The van der Waals surface area contributed by atoms with Crippen molar-refractivity contribution in [1.82, 2.24) is 4.90 Å². The van der Waals surface area contributed by atoms with E-state index in [1.165, 1.54) is 0 Å². The molecule has 5 nitrogen and oxygen atoms in total. The molecule has 0 atom stereocenters. The molecule has 0 fully saturated rings. The zero-order chi connectivity index (χ0) is 17.5. The Bertz CT molecular complexity index is 700. The SMILES string of the molecule is COc1ccccc1CCN(C)C(=O)c1ccc(OC)c(OC)c1. The summed E-state index contributed by atoms with van der Waals surface area (Å²) in [6.45, 7) is 0.591. The zero-order valence-corrected chi connectivity index (χ0v) is 14.5. The van der Waals surface area contributed by atoms with Gasteiger partial charge in [-0.05, 0) is 36.2 Å². The van der Waals surface area contributed by atoms with E-state index in [0.29, 0.717) is 23.6 Å². The summed E-state index contributed by atoms with van der Waals surface area (Å²) in [5, 5.41) is 0. The molecule has 0 unspecified atom stereocenters. The first-order valence-electron chi connectivity index (χ1n) is 7.70. The van der Waals surface area contributed by atoms with Gasteiger partial charge >= 0.3 is 0 Å². The average molecular weight is 329 g/mol. The normalized spacial score (nSPS) is 10.2. The van der Waals surface area contributed by atoms with E-state index in [-0.39, 0.29) is 5.91 Å². The van der Waals surface area contributed by atoms with Crippen LogP contribution in [0.2, 0.25) is 0 Å². The molecule has 128 valence electrons. The van der Waals surface area contributed by atoms with Crippen LogP contribution in [0.3, 0.4) is 0 Å². The van der Waals surface area contributed by atoms with Crippen molar-refractivity contribution in [1.29, 1.82) is 0 Å². The van der Waals surface area contributed by atoms with Gasteiger partial charge in [-0.15, -0.1) is 0 Å². The molecule has 0 aromatic heterocycles. The maximum atomic E-state index is 12.6. The summed E-state index contributed by atoms with van der Waals surface area (Å²) in [7, 11) is 6.56. The molecule has 5 heteroatoms. The number of para-hydroxylation sites is 1. The molecule has 24 heavy (non-hydrogen) atoms. The molecular formula is C19H23NO4. The van der Waals surface area contributed by atoms with Gasteiger partial charge in [0.15, 0.2) is 11.5 Å². The van der Waals surface area contributed by atoms with Crippen LogP contribution in [0.5, 0.6) is 17.2 Å². The Hall–Kier alpha value is -2.69. The van der Waals surface area contributed by atoms with Crippen LogP contribution in [0.1, 0.15) is 15.9 Å². The highest BCUT2D eigenvalue weighted by molar-refractivity contribution is 5.94. The first-order valence-corrected chi connectivity index (χ1v) is 7.70. The molecule has 0 bridgehead atoms. The predicted molar refractivity (Wildman–Crippen MR) is 93.2 cm³/mol. The molecule has 0 saturated heterocycles. The highest BCUT2D eigenvalue weighted by Gasteiger charge is 2.15. The van der Waals surface area contributed by atoms with Gasteiger partial charge in [-0.25, -0.2) is 0 Å². The van der Waals surface area contributed by atoms with Gasteiger partial charge in [0.05, 0.1) is 21.3 Å². The van der Waals surface area contributed by atoms with Crippen LogP contribution in [-0.4, -0.2) is 45.7 Å². The number of nitrogens with zero attached hydrogens (tertiary/aromatic N) is 1. The van der Waals surface area contributed by atoms with Gasteiger partial charge in [-0.2, -0.15) is 0 Å². The molecule has 0 saturated carbocycles. The standard InChI is InChI=1S/C19H23NO4/c1-20(12-11-14-7-5-6-8-16(14)22-2)19(21)15-9-10-17(23-3)18(13-15)24-4/h5-10,13H,11-12H2,1-4H3. The number of methoxy groups -OCH3 is 3. The van der Waals surface area contributed by atoms with Crippen LogP contribution in [0, 0.1) is 0 Å². The Morgan fingerprint density at radius 1 is 0.917 bits per heavy atom. The summed E-state index contributed by atoms with van der Waals surface area (Å²) in [6, 6.07) is 13.0. The van der Waals surface area contributed by atoms with Gasteiger partial charge in [0.25, 0.3) is 5.91 Å². The molecule has 2 aromatic rings. The Kier molecular flexibility index (Phi) is 6.07. The summed E-state index contributed by atoms with van der Waals surface area (Å²) >= 11 is 0. The fourth-order valence-electron chi connectivity index (χ4n) is 2.49.